The number of para-hydroxylation sites is 1. The first kappa shape index (κ1) is 16.0. The molecule has 2 aromatic carbocycles. The molecule has 0 unspecified atom stereocenters. The van der Waals surface area contributed by atoms with Gasteiger partial charge in [0.25, 0.3) is 0 Å². The average molecular weight is 359 g/mol. The Balaban J connectivity index is 1.66. The van der Waals surface area contributed by atoms with E-state index in [-0.39, 0.29) is 6.04 Å². The van der Waals surface area contributed by atoms with Crippen LogP contribution in [0.25, 0.3) is 10.2 Å². The maximum absolute atomic E-state index is 11.0. The number of halogens is 1. The van der Waals surface area contributed by atoms with Gasteiger partial charge in [-0.3, -0.25) is 0 Å². The summed E-state index contributed by atoms with van der Waals surface area (Å²) < 4.78 is 1.14. The molecule has 1 aromatic heterocycles. The minimum atomic E-state index is -0.678. The number of fused-ring (bicyclic) bond motifs is 1. The molecule has 0 aliphatic heterocycles. The van der Waals surface area contributed by atoms with E-state index in [0.717, 1.165) is 33.3 Å². The van der Waals surface area contributed by atoms with E-state index in [1.807, 2.05) is 42.5 Å². The van der Waals surface area contributed by atoms with E-state index >= 15 is 0 Å². The molecule has 0 bridgehead atoms. The maximum atomic E-state index is 11.0. The molecular weight excluding hydrogens is 340 g/mol. The van der Waals surface area contributed by atoms with Crippen LogP contribution in [0.3, 0.4) is 0 Å². The zero-order valence-electron chi connectivity index (χ0n) is 13.2. The fraction of sp³-hybridized carbons (Fsp3) is 0.316. The average Bonchev–Trinajstić information content (AvgIpc) is 3.31. The smallest absolute Gasteiger partial charge is 0.114 e. The van der Waals surface area contributed by atoms with Crippen molar-refractivity contribution in [2.24, 2.45) is 5.92 Å². The number of nitrogens with one attached hydrogen (secondary N) is 1. The Morgan fingerprint density at radius 2 is 2.04 bits per heavy atom. The molecule has 24 heavy (non-hydrogen) atoms. The number of aromatic nitrogens is 1. The number of nitrogens with zero attached hydrogens (tertiary/aromatic N) is 1. The largest absolute Gasteiger partial charge is 0.386 e. The fourth-order valence-corrected chi connectivity index (χ4v) is 4.13. The Morgan fingerprint density at radius 1 is 1.21 bits per heavy atom. The lowest BCUT2D eigenvalue weighted by atomic mass is 10.0. The van der Waals surface area contributed by atoms with Gasteiger partial charge in [-0.2, -0.15) is 0 Å². The zero-order valence-corrected chi connectivity index (χ0v) is 14.7. The van der Waals surface area contributed by atoms with E-state index < -0.39 is 6.10 Å². The minimum absolute atomic E-state index is 0.221. The van der Waals surface area contributed by atoms with E-state index in [1.54, 1.807) is 11.3 Å². The first-order valence-corrected chi connectivity index (χ1v) is 9.42. The fourth-order valence-electron chi connectivity index (χ4n) is 2.86. The SMILES string of the molecule is O[C@@H](c1cccc(Cl)c1)[C@@H](NCC1CC1)c1nc2ccccc2s1. The molecule has 0 spiro atoms. The monoisotopic (exact) mass is 358 g/mol. The van der Waals surface area contributed by atoms with Gasteiger partial charge in [0.1, 0.15) is 11.1 Å². The van der Waals surface area contributed by atoms with Crippen LogP contribution in [0, 0.1) is 5.92 Å². The summed E-state index contributed by atoms with van der Waals surface area (Å²) in [6, 6.07) is 15.3. The van der Waals surface area contributed by atoms with Crippen molar-refractivity contribution in [3.63, 3.8) is 0 Å². The Morgan fingerprint density at radius 3 is 2.79 bits per heavy atom. The molecule has 124 valence electrons. The van der Waals surface area contributed by atoms with Crippen LogP contribution in [0.5, 0.6) is 0 Å². The Bertz CT molecular complexity index is 813. The van der Waals surface area contributed by atoms with E-state index in [4.69, 9.17) is 16.6 Å². The van der Waals surface area contributed by atoms with Crippen LogP contribution in [-0.4, -0.2) is 16.6 Å². The van der Waals surface area contributed by atoms with Crippen LogP contribution >= 0.6 is 22.9 Å². The van der Waals surface area contributed by atoms with Gasteiger partial charge in [-0.25, -0.2) is 4.98 Å². The summed E-state index contributed by atoms with van der Waals surface area (Å²) in [7, 11) is 0. The summed E-state index contributed by atoms with van der Waals surface area (Å²) in [5, 5.41) is 16.1. The van der Waals surface area contributed by atoms with E-state index in [1.165, 1.54) is 12.8 Å². The molecule has 2 N–H and O–H groups in total. The highest BCUT2D eigenvalue weighted by Crippen LogP contribution is 2.36. The van der Waals surface area contributed by atoms with Crippen molar-refractivity contribution >= 4 is 33.2 Å². The van der Waals surface area contributed by atoms with Crippen LogP contribution in [-0.2, 0) is 0 Å². The van der Waals surface area contributed by atoms with Crippen molar-refractivity contribution in [2.45, 2.75) is 25.0 Å². The first-order chi connectivity index (χ1) is 11.7. The van der Waals surface area contributed by atoms with Gasteiger partial charge in [0, 0.05) is 5.02 Å². The lowest BCUT2D eigenvalue weighted by Crippen LogP contribution is -2.29. The first-order valence-electron chi connectivity index (χ1n) is 8.23. The standard InChI is InChI=1S/C19H19ClN2OS/c20-14-5-3-4-13(10-14)18(23)17(21-11-12-8-9-12)19-22-15-6-1-2-7-16(15)24-19/h1-7,10,12,17-18,21,23H,8-9,11H2/t17-,18+/m1/s1. The van der Waals surface area contributed by atoms with Crippen LogP contribution in [0.1, 0.15) is 35.6 Å². The second kappa shape index (κ2) is 6.81. The number of hydrogen-bond donors (Lipinski definition) is 2. The molecule has 3 nitrogen and oxygen atoms in total. The van der Waals surface area contributed by atoms with Crippen LogP contribution < -0.4 is 5.32 Å². The number of aliphatic hydroxyl groups excluding tert-OH is 1. The molecule has 0 amide bonds. The predicted octanol–water partition coefficient (Wildman–Crippen LogP) is 4.72. The number of rotatable bonds is 6. The van der Waals surface area contributed by atoms with Gasteiger partial charge in [0.05, 0.1) is 16.3 Å². The van der Waals surface area contributed by atoms with Gasteiger partial charge >= 0.3 is 0 Å². The molecule has 5 heteroatoms. The van der Waals surface area contributed by atoms with E-state index in [0.29, 0.717) is 5.02 Å². The number of hydrogen-bond acceptors (Lipinski definition) is 4. The van der Waals surface area contributed by atoms with Crippen LogP contribution in [0.4, 0.5) is 0 Å². The van der Waals surface area contributed by atoms with Gasteiger partial charge < -0.3 is 10.4 Å². The molecular formula is C19H19ClN2OS. The molecule has 1 aliphatic rings. The molecule has 3 aromatic rings. The van der Waals surface area contributed by atoms with Crippen molar-refractivity contribution in [1.29, 1.82) is 0 Å². The van der Waals surface area contributed by atoms with Gasteiger partial charge in [-0.15, -0.1) is 11.3 Å². The van der Waals surface area contributed by atoms with E-state index in [2.05, 4.69) is 11.4 Å². The lowest BCUT2D eigenvalue weighted by molar-refractivity contribution is 0.128. The third-order valence-electron chi connectivity index (χ3n) is 4.41. The third-order valence-corrected chi connectivity index (χ3v) is 5.76. The van der Waals surface area contributed by atoms with E-state index in [9.17, 15) is 5.11 Å². The van der Waals surface area contributed by atoms with Crippen LogP contribution in [0.2, 0.25) is 5.02 Å². The quantitative estimate of drug-likeness (QED) is 0.670. The molecule has 0 radical (unpaired) electrons. The Labute approximate surface area is 150 Å². The second-order valence-corrected chi connectivity index (χ2v) is 7.85. The van der Waals surface area contributed by atoms with Gasteiger partial charge in [-0.05, 0) is 55.1 Å². The highest BCUT2D eigenvalue weighted by atomic mass is 35.5. The van der Waals surface area contributed by atoms with Gasteiger partial charge in [-0.1, -0.05) is 35.9 Å². The number of thiazole rings is 1. The Kier molecular flexibility index (Phi) is 4.55. The van der Waals surface area contributed by atoms with Gasteiger partial charge in [0.15, 0.2) is 0 Å². The molecule has 1 fully saturated rings. The maximum Gasteiger partial charge on any atom is 0.114 e. The summed E-state index contributed by atoms with van der Waals surface area (Å²) in [4.78, 5) is 4.74. The highest BCUT2D eigenvalue weighted by molar-refractivity contribution is 7.18. The third kappa shape index (κ3) is 3.47. The summed E-state index contributed by atoms with van der Waals surface area (Å²) in [6.45, 7) is 0.915. The normalized spacial score (nSPS) is 17.1. The number of aliphatic hydroxyl groups is 1. The summed E-state index contributed by atoms with van der Waals surface area (Å²) in [6.07, 6.45) is 1.86. The topological polar surface area (TPSA) is 45.1 Å². The van der Waals surface area contributed by atoms with Crippen molar-refractivity contribution in [3.05, 3.63) is 64.1 Å². The van der Waals surface area contributed by atoms with Crippen molar-refractivity contribution in [3.8, 4) is 0 Å². The molecule has 1 heterocycles. The molecule has 0 saturated heterocycles. The summed E-state index contributed by atoms with van der Waals surface area (Å²) in [5.74, 6) is 0.730. The highest BCUT2D eigenvalue weighted by Gasteiger charge is 2.29. The van der Waals surface area contributed by atoms with Gasteiger partial charge in [0.2, 0.25) is 0 Å². The van der Waals surface area contributed by atoms with Crippen LogP contribution in [0.15, 0.2) is 48.5 Å². The number of benzene rings is 2. The predicted molar refractivity (Wildman–Crippen MR) is 99.5 cm³/mol. The zero-order chi connectivity index (χ0) is 16.5. The molecule has 1 aliphatic carbocycles. The molecule has 2 atom stereocenters. The summed E-state index contributed by atoms with van der Waals surface area (Å²) in [5.41, 5.74) is 1.80. The summed E-state index contributed by atoms with van der Waals surface area (Å²) >= 11 is 7.73. The molecule has 1 saturated carbocycles. The van der Waals surface area contributed by atoms with Crippen molar-refractivity contribution < 1.29 is 5.11 Å². The Hall–Kier alpha value is -1.46. The lowest BCUT2D eigenvalue weighted by Gasteiger charge is -2.23. The van der Waals surface area contributed by atoms with Crippen molar-refractivity contribution in [2.75, 3.05) is 6.54 Å². The molecule has 4 rings (SSSR count). The second-order valence-electron chi connectivity index (χ2n) is 6.35. The minimum Gasteiger partial charge on any atom is -0.386 e. The van der Waals surface area contributed by atoms with Crippen molar-refractivity contribution in [1.82, 2.24) is 10.3 Å².